The number of hydrogen-bond donors (Lipinski definition) is 0. The quantitative estimate of drug-likeness (QED) is 0.701. The molecule has 0 aromatic heterocycles. The number of carbonyl (C=O) groups excluding carboxylic acids is 1. The van der Waals surface area contributed by atoms with Crippen molar-refractivity contribution in [1.29, 1.82) is 0 Å². The van der Waals surface area contributed by atoms with Gasteiger partial charge in [-0.25, -0.2) is 0 Å². The van der Waals surface area contributed by atoms with E-state index in [1.807, 2.05) is 50.2 Å². The van der Waals surface area contributed by atoms with E-state index in [-0.39, 0.29) is 24.0 Å². The molecule has 0 amide bonds. The Hall–Kier alpha value is -1.79. The predicted molar refractivity (Wildman–Crippen MR) is 113 cm³/mol. The van der Waals surface area contributed by atoms with Crippen LogP contribution >= 0.6 is 0 Å². The number of ketones is 1. The molecule has 2 aromatic rings. The summed E-state index contributed by atoms with van der Waals surface area (Å²) in [6.45, 7) is 10.5. The number of hydrogen-bond acceptors (Lipinski definition) is 4. The maximum atomic E-state index is 12.9. The molecule has 5 heteroatoms. The van der Waals surface area contributed by atoms with Crippen LogP contribution in [0.15, 0.2) is 60.7 Å². The van der Waals surface area contributed by atoms with Gasteiger partial charge < -0.3 is 13.9 Å². The molecule has 0 spiro atoms. The van der Waals surface area contributed by atoms with Crippen molar-refractivity contribution in [3.63, 3.8) is 0 Å². The molecule has 2 aromatic carbocycles. The van der Waals surface area contributed by atoms with Crippen LogP contribution in [0.3, 0.4) is 0 Å². The standard InChI is InChI=1S/C23H30O4Si/c1-22(2,3)28(18-12-8-6-9-13-18,19-14-10-7-11-15-19)26-16-20(24)21-17-25-23(4,5)27-21/h6-15,21H,16-17H2,1-5H3/t21-/m0/s1. The normalized spacial score (nSPS) is 19.5. The first kappa shape index (κ1) is 20.9. The summed E-state index contributed by atoms with van der Waals surface area (Å²) in [4.78, 5) is 12.9. The van der Waals surface area contributed by atoms with Crippen molar-refractivity contribution in [3.05, 3.63) is 60.7 Å². The molecule has 1 atom stereocenters. The molecule has 1 fully saturated rings. The van der Waals surface area contributed by atoms with Gasteiger partial charge in [0, 0.05) is 0 Å². The summed E-state index contributed by atoms with van der Waals surface area (Å²) in [5.74, 6) is -0.795. The second-order valence-electron chi connectivity index (χ2n) is 8.74. The van der Waals surface area contributed by atoms with E-state index >= 15 is 0 Å². The van der Waals surface area contributed by atoms with Crippen LogP contribution in [-0.4, -0.2) is 39.2 Å². The third-order valence-corrected chi connectivity index (χ3v) is 10.2. The van der Waals surface area contributed by atoms with Crippen LogP contribution in [0.4, 0.5) is 0 Å². The van der Waals surface area contributed by atoms with Gasteiger partial charge >= 0.3 is 0 Å². The summed E-state index contributed by atoms with van der Waals surface area (Å²) in [5.41, 5.74) is 0. The summed E-state index contributed by atoms with van der Waals surface area (Å²) in [6.07, 6.45) is -0.576. The summed E-state index contributed by atoms with van der Waals surface area (Å²) in [6, 6.07) is 20.6. The zero-order chi connectivity index (χ0) is 20.4. The van der Waals surface area contributed by atoms with E-state index < -0.39 is 20.2 Å². The molecule has 0 saturated carbocycles. The molecular weight excluding hydrogens is 368 g/mol. The van der Waals surface area contributed by atoms with Gasteiger partial charge in [0.05, 0.1) is 13.2 Å². The topological polar surface area (TPSA) is 44.8 Å². The van der Waals surface area contributed by atoms with Crippen molar-refractivity contribution in [1.82, 2.24) is 0 Å². The molecule has 1 saturated heterocycles. The molecule has 0 radical (unpaired) electrons. The lowest BCUT2D eigenvalue weighted by Crippen LogP contribution is -2.67. The van der Waals surface area contributed by atoms with E-state index in [0.717, 1.165) is 10.4 Å². The SMILES string of the molecule is CC1(C)OC[C@@H](C(=O)CO[Si](c2ccccc2)(c2ccccc2)C(C)(C)C)O1. The fourth-order valence-electron chi connectivity index (χ4n) is 3.88. The maximum Gasteiger partial charge on any atom is 0.261 e. The highest BCUT2D eigenvalue weighted by Gasteiger charge is 2.51. The lowest BCUT2D eigenvalue weighted by Gasteiger charge is -2.43. The summed E-state index contributed by atoms with van der Waals surface area (Å²) in [7, 11) is -2.72. The van der Waals surface area contributed by atoms with Gasteiger partial charge in [0.1, 0.15) is 6.10 Å². The molecule has 28 heavy (non-hydrogen) atoms. The first-order valence-electron chi connectivity index (χ1n) is 9.75. The summed E-state index contributed by atoms with van der Waals surface area (Å²) >= 11 is 0. The van der Waals surface area contributed by atoms with Crippen LogP contribution in [0.2, 0.25) is 5.04 Å². The Bertz CT molecular complexity index is 757. The molecule has 0 aliphatic carbocycles. The van der Waals surface area contributed by atoms with Crippen LogP contribution in [-0.2, 0) is 18.7 Å². The zero-order valence-electron chi connectivity index (χ0n) is 17.4. The van der Waals surface area contributed by atoms with E-state index in [4.69, 9.17) is 13.9 Å². The first-order valence-corrected chi connectivity index (χ1v) is 11.7. The highest BCUT2D eigenvalue weighted by Crippen LogP contribution is 2.37. The largest absolute Gasteiger partial charge is 0.400 e. The second kappa shape index (κ2) is 7.91. The van der Waals surface area contributed by atoms with Crippen LogP contribution in [0.5, 0.6) is 0 Å². The van der Waals surface area contributed by atoms with E-state index in [1.165, 1.54) is 0 Å². The maximum absolute atomic E-state index is 12.9. The minimum absolute atomic E-state index is 0.0113. The summed E-state index contributed by atoms with van der Waals surface area (Å²) in [5, 5.41) is 2.15. The van der Waals surface area contributed by atoms with Crippen LogP contribution in [0.1, 0.15) is 34.6 Å². The zero-order valence-corrected chi connectivity index (χ0v) is 18.4. The molecule has 1 aliphatic rings. The second-order valence-corrected chi connectivity index (χ2v) is 13.0. The number of benzene rings is 2. The average Bonchev–Trinajstić information content (AvgIpc) is 3.03. The summed E-state index contributed by atoms with van der Waals surface area (Å²) < 4.78 is 18.0. The highest BCUT2D eigenvalue weighted by molar-refractivity contribution is 6.99. The van der Waals surface area contributed by atoms with Crippen molar-refractivity contribution in [2.45, 2.75) is 51.5 Å². The minimum Gasteiger partial charge on any atom is -0.400 e. The average molecular weight is 399 g/mol. The van der Waals surface area contributed by atoms with Crippen molar-refractivity contribution in [2.24, 2.45) is 0 Å². The Labute approximate surface area is 169 Å². The van der Waals surface area contributed by atoms with E-state index in [2.05, 4.69) is 45.0 Å². The molecule has 150 valence electrons. The van der Waals surface area contributed by atoms with Gasteiger partial charge in [-0.15, -0.1) is 0 Å². The van der Waals surface area contributed by atoms with Crippen molar-refractivity contribution < 1.29 is 18.7 Å². The van der Waals surface area contributed by atoms with Crippen molar-refractivity contribution >= 4 is 24.5 Å². The third-order valence-electron chi connectivity index (χ3n) is 5.22. The van der Waals surface area contributed by atoms with Crippen LogP contribution < -0.4 is 10.4 Å². The van der Waals surface area contributed by atoms with Gasteiger partial charge in [-0.05, 0) is 29.3 Å². The fraction of sp³-hybridized carbons (Fsp3) is 0.435. The van der Waals surface area contributed by atoms with Crippen LogP contribution in [0, 0.1) is 0 Å². The Morgan fingerprint density at radius 1 is 1.04 bits per heavy atom. The lowest BCUT2D eigenvalue weighted by atomic mass is 10.2. The Balaban J connectivity index is 1.96. The number of rotatable bonds is 6. The predicted octanol–water partition coefficient (Wildman–Crippen LogP) is 3.28. The lowest BCUT2D eigenvalue weighted by molar-refractivity contribution is -0.153. The fourth-order valence-corrected chi connectivity index (χ4v) is 8.39. The Morgan fingerprint density at radius 2 is 1.54 bits per heavy atom. The van der Waals surface area contributed by atoms with Gasteiger partial charge in [0.25, 0.3) is 8.32 Å². The highest BCUT2D eigenvalue weighted by atomic mass is 28.4. The molecule has 0 bridgehead atoms. The Kier molecular flexibility index (Phi) is 5.91. The van der Waals surface area contributed by atoms with Gasteiger partial charge in [-0.2, -0.15) is 0 Å². The van der Waals surface area contributed by atoms with Gasteiger partial charge in [0.2, 0.25) is 0 Å². The van der Waals surface area contributed by atoms with Crippen molar-refractivity contribution in [2.75, 3.05) is 13.2 Å². The number of Topliss-reactive ketones (excluding diaryl/α,β-unsaturated/α-hetero) is 1. The molecule has 0 N–H and O–H groups in total. The van der Waals surface area contributed by atoms with Gasteiger partial charge in [-0.3, -0.25) is 4.79 Å². The minimum atomic E-state index is -2.72. The first-order chi connectivity index (χ1) is 13.2. The molecule has 3 rings (SSSR count). The van der Waals surface area contributed by atoms with Gasteiger partial charge in [0.15, 0.2) is 11.6 Å². The monoisotopic (exact) mass is 398 g/mol. The molecular formula is C23H30O4Si. The van der Waals surface area contributed by atoms with E-state index in [0.29, 0.717) is 0 Å². The molecule has 1 aliphatic heterocycles. The molecule has 1 heterocycles. The van der Waals surface area contributed by atoms with Crippen LogP contribution in [0.25, 0.3) is 0 Å². The van der Waals surface area contributed by atoms with Crippen molar-refractivity contribution in [3.8, 4) is 0 Å². The van der Waals surface area contributed by atoms with E-state index in [9.17, 15) is 4.79 Å². The third kappa shape index (κ3) is 4.13. The Morgan fingerprint density at radius 3 is 1.93 bits per heavy atom. The number of carbonyl (C=O) groups is 1. The number of ether oxygens (including phenoxy) is 2. The smallest absolute Gasteiger partial charge is 0.261 e. The van der Waals surface area contributed by atoms with E-state index in [1.54, 1.807) is 0 Å². The van der Waals surface area contributed by atoms with Gasteiger partial charge in [-0.1, -0.05) is 81.4 Å². The molecule has 0 unspecified atom stereocenters. The molecule has 4 nitrogen and oxygen atoms in total.